The highest BCUT2D eigenvalue weighted by molar-refractivity contribution is 5.90. The number of aryl methyl sites for hydroxylation is 2. The van der Waals surface area contributed by atoms with Gasteiger partial charge < -0.3 is 15.2 Å². The number of fused-ring (bicyclic) bond motifs is 1. The summed E-state index contributed by atoms with van der Waals surface area (Å²) in [5.41, 5.74) is 9.37. The van der Waals surface area contributed by atoms with Crippen LogP contribution in [0.5, 0.6) is 0 Å². The maximum atomic E-state index is 5.98. The van der Waals surface area contributed by atoms with Gasteiger partial charge in [0.1, 0.15) is 17.8 Å². The van der Waals surface area contributed by atoms with Gasteiger partial charge in [-0.25, -0.2) is 9.97 Å². The van der Waals surface area contributed by atoms with Crippen LogP contribution in [0.2, 0.25) is 0 Å². The predicted octanol–water partition coefficient (Wildman–Crippen LogP) is 2.36. The highest BCUT2D eigenvalue weighted by Crippen LogP contribution is 2.26. The Bertz CT molecular complexity index is 600. The summed E-state index contributed by atoms with van der Waals surface area (Å²) in [6.07, 6.45) is 2.65. The first-order valence-electron chi connectivity index (χ1n) is 7.19. The van der Waals surface area contributed by atoms with Crippen molar-refractivity contribution in [2.75, 3.05) is 19.3 Å². The number of hydrogen-bond donors (Lipinski definition) is 1. The van der Waals surface area contributed by atoms with Gasteiger partial charge in [-0.15, -0.1) is 0 Å². The van der Waals surface area contributed by atoms with Gasteiger partial charge in [-0.05, 0) is 53.3 Å². The average Bonchev–Trinajstić information content (AvgIpc) is 2.64. The normalized spacial score (nSPS) is 11.9. The third-order valence-corrected chi connectivity index (χ3v) is 4.21. The molecule has 5 heteroatoms. The molecule has 2 N–H and O–H groups in total. The van der Waals surface area contributed by atoms with Crippen LogP contribution in [0.3, 0.4) is 0 Å². The van der Waals surface area contributed by atoms with Crippen LogP contribution < -0.4 is 5.73 Å². The number of nitrogens with two attached hydrogens (primary N) is 1. The van der Waals surface area contributed by atoms with Gasteiger partial charge in [0.25, 0.3) is 0 Å². The van der Waals surface area contributed by atoms with E-state index in [-0.39, 0.29) is 0 Å². The van der Waals surface area contributed by atoms with Crippen LogP contribution in [0.15, 0.2) is 6.33 Å². The molecule has 0 radical (unpaired) electrons. The maximum Gasteiger partial charge on any atom is 0.145 e. The molecule has 0 saturated heterocycles. The highest BCUT2D eigenvalue weighted by atomic mass is 15.1. The quantitative estimate of drug-likeness (QED) is 0.910. The van der Waals surface area contributed by atoms with Crippen molar-refractivity contribution in [2.45, 2.75) is 46.7 Å². The van der Waals surface area contributed by atoms with Crippen molar-refractivity contribution < 1.29 is 0 Å². The largest absolute Gasteiger partial charge is 0.383 e. The Hall–Kier alpha value is -1.62. The van der Waals surface area contributed by atoms with Gasteiger partial charge in [-0.2, -0.15) is 0 Å². The predicted molar refractivity (Wildman–Crippen MR) is 83.8 cm³/mol. The number of aromatic nitrogens is 3. The average molecular weight is 275 g/mol. The first-order valence-corrected chi connectivity index (χ1v) is 7.19. The molecule has 20 heavy (non-hydrogen) atoms. The lowest BCUT2D eigenvalue weighted by molar-refractivity contribution is 0.265. The van der Waals surface area contributed by atoms with Gasteiger partial charge in [0.15, 0.2) is 0 Å². The Morgan fingerprint density at radius 1 is 1.30 bits per heavy atom. The van der Waals surface area contributed by atoms with Gasteiger partial charge in [0.2, 0.25) is 0 Å². The van der Waals surface area contributed by atoms with Gasteiger partial charge >= 0.3 is 0 Å². The van der Waals surface area contributed by atoms with E-state index in [4.69, 9.17) is 5.73 Å². The molecule has 0 aliphatic carbocycles. The van der Waals surface area contributed by atoms with Gasteiger partial charge in [0.05, 0.1) is 5.39 Å². The van der Waals surface area contributed by atoms with Gasteiger partial charge in [0, 0.05) is 18.3 Å². The second kappa shape index (κ2) is 5.79. The Balaban J connectivity index is 2.23. The standard InChI is InChI=1S/C15H25N5/c1-10(2)19(5)7-6-8-20-12(4)11(3)13-14(16)17-9-18-15(13)20/h9-10H,6-8H2,1-5H3,(H2,16,17,18). The molecule has 0 fully saturated rings. The summed E-state index contributed by atoms with van der Waals surface area (Å²) in [5, 5.41) is 1.00. The van der Waals surface area contributed by atoms with E-state index in [1.165, 1.54) is 11.3 Å². The molecule has 0 atom stereocenters. The van der Waals surface area contributed by atoms with Crippen molar-refractivity contribution in [1.29, 1.82) is 0 Å². The molecule has 0 aliphatic rings. The molecular weight excluding hydrogens is 250 g/mol. The molecule has 0 amide bonds. The molecule has 2 rings (SSSR count). The molecule has 0 aromatic carbocycles. The molecule has 0 unspecified atom stereocenters. The third-order valence-electron chi connectivity index (χ3n) is 4.21. The van der Waals surface area contributed by atoms with E-state index < -0.39 is 0 Å². The van der Waals surface area contributed by atoms with Crippen molar-refractivity contribution in [1.82, 2.24) is 19.4 Å². The first kappa shape index (κ1) is 14.8. The second-order valence-electron chi connectivity index (χ2n) is 5.75. The third kappa shape index (κ3) is 2.63. The molecule has 110 valence electrons. The fourth-order valence-corrected chi connectivity index (χ4v) is 2.51. The fourth-order valence-electron chi connectivity index (χ4n) is 2.51. The molecule has 0 saturated carbocycles. The van der Waals surface area contributed by atoms with E-state index in [1.54, 1.807) is 6.33 Å². The number of hydrogen-bond acceptors (Lipinski definition) is 4. The minimum Gasteiger partial charge on any atom is -0.383 e. The van der Waals surface area contributed by atoms with Gasteiger partial charge in [-0.1, -0.05) is 0 Å². The lowest BCUT2D eigenvalue weighted by atomic mass is 10.2. The Morgan fingerprint density at radius 2 is 2.00 bits per heavy atom. The molecular formula is C15H25N5. The zero-order chi connectivity index (χ0) is 14.9. The van der Waals surface area contributed by atoms with Gasteiger partial charge in [-0.3, -0.25) is 0 Å². The SMILES string of the molecule is Cc1c(C)n(CCCN(C)C(C)C)c2ncnc(N)c12. The van der Waals surface area contributed by atoms with E-state index in [9.17, 15) is 0 Å². The van der Waals surface area contributed by atoms with Crippen LogP contribution in [0, 0.1) is 13.8 Å². The molecule has 0 aliphatic heterocycles. The van der Waals surface area contributed by atoms with E-state index in [1.807, 2.05) is 0 Å². The maximum absolute atomic E-state index is 5.98. The Labute approximate surface area is 120 Å². The van der Waals surface area contributed by atoms with Crippen molar-refractivity contribution in [3.63, 3.8) is 0 Å². The Kier molecular flexibility index (Phi) is 4.28. The molecule has 0 spiro atoms. The Morgan fingerprint density at radius 3 is 2.65 bits per heavy atom. The van der Waals surface area contributed by atoms with Crippen LogP contribution in [-0.2, 0) is 6.54 Å². The first-order chi connectivity index (χ1) is 9.43. The number of anilines is 1. The summed E-state index contributed by atoms with van der Waals surface area (Å²) in [7, 11) is 2.16. The summed E-state index contributed by atoms with van der Waals surface area (Å²) in [5.74, 6) is 0.577. The summed E-state index contributed by atoms with van der Waals surface area (Å²) >= 11 is 0. The molecule has 2 aromatic heterocycles. The zero-order valence-electron chi connectivity index (χ0n) is 13.1. The van der Waals surface area contributed by atoms with E-state index in [2.05, 4.69) is 54.2 Å². The molecule has 0 bridgehead atoms. The lowest BCUT2D eigenvalue weighted by Crippen LogP contribution is -2.28. The monoisotopic (exact) mass is 275 g/mol. The molecule has 2 heterocycles. The van der Waals surface area contributed by atoms with Crippen LogP contribution in [-0.4, -0.2) is 39.1 Å². The van der Waals surface area contributed by atoms with E-state index >= 15 is 0 Å². The highest BCUT2D eigenvalue weighted by Gasteiger charge is 2.14. The van der Waals surface area contributed by atoms with E-state index in [0.29, 0.717) is 11.9 Å². The number of nitrogens with zero attached hydrogens (tertiary/aromatic N) is 4. The lowest BCUT2D eigenvalue weighted by Gasteiger charge is -2.21. The molecule has 5 nitrogen and oxygen atoms in total. The number of rotatable bonds is 5. The van der Waals surface area contributed by atoms with Crippen molar-refractivity contribution >= 4 is 16.9 Å². The van der Waals surface area contributed by atoms with Crippen molar-refractivity contribution in [2.24, 2.45) is 0 Å². The van der Waals surface area contributed by atoms with Crippen LogP contribution >= 0.6 is 0 Å². The molecule has 2 aromatic rings. The minimum absolute atomic E-state index is 0.577. The zero-order valence-corrected chi connectivity index (χ0v) is 13.1. The number of nitrogen functional groups attached to an aromatic ring is 1. The van der Waals surface area contributed by atoms with Crippen LogP contribution in [0.4, 0.5) is 5.82 Å². The van der Waals surface area contributed by atoms with Crippen molar-refractivity contribution in [3.05, 3.63) is 17.6 Å². The topological polar surface area (TPSA) is 60.0 Å². The smallest absolute Gasteiger partial charge is 0.145 e. The van der Waals surface area contributed by atoms with Crippen LogP contribution in [0.1, 0.15) is 31.5 Å². The van der Waals surface area contributed by atoms with Crippen molar-refractivity contribution in [3.8, 4) is 0 Å². The summed E-state index contributed by atoms with van der Waals surface area (Å²) in [6.45, 7) is 10.7. The second-order valence-corrected chi connectivity index (χ2v) is 5.75. The fraction of sp³-hybridized carbons (Fsp3) is 0.600. The summed E-state index contributed by atoms with van der Waals surface area (Å²) < 4.78 is 2.26. The summed E-state index contributed by atoms with van der Waals surface area (Å²) in [4.78, 5) is 10.9. The van der Waals surface area contributed by atoms with E-state index in [0.717, 1.165) is 30.5 Å². The summed E-state index contributed by atoms with van der Waals surface area (Å²) in [6, 6.07) is 0.581. The minimum atomic E-state index is 0.577. The van der Waals surface area contributed by atoms with Crippen LogP contribution in [0.25, 0.3) is 11.0 Å².